The standard InChI is InChI=1S/C15H19N3O/c1-9-6-7-13(8-10(9)2)15(19)16-14-11(3)17-18(5)12(14)4/h6-8H,1-5H3,(H,16,19). The summed E-state index contributed by atoms with van der Waals surface area (Å²) in [5.41, 5.74) is 5.56. The van der Waals surface area contributed by atoms with Crippen LogP contribution >= 0.6 is 0 Å². The highest BCUT2D eigenvalue weighted by Crippen LogP contribution is 2.20. The lowest BCUT2D eigenvalue weighted by Gasteiger charge is -2.07. The van der Waals surface area contributed by atoms with E-state index in [2.05, 4.69) is 10.4 Å². The van der Waals surface area contributed by atoms with Gasteiger partial charge in [-0.3, -0.25) is 9.48 Å². The quantitative estimate of drug-likeness (QED) is 0.899. The molecular weight excluding hydrogens is 238 g/mol. The fourth-order valence-corrected chi connectivity index (χ4v) is 2.02. The number of carbonyl (C=O) groups excluding carboxylic acids is 1. The van der Waals surface area contributed by atoms with E-state index in [4.69, 9.17) is 0 Å². The summed E-state index contributed by atoms with van der Waals surface area (Å²) in [7, 11) is 1.87. The Morgan fingerprint density at radius 3 is 2.37 bits per heavy atom. The highest BCUT2D eigenvalue weighted by Gasteiger charge is 2.14. The molecule has 1 N–H and O–H groups in total. The van der Waals surface area contributed by atoms with Gasteiger partial charge < -0.3 is 5.32 Å². The summed E-state index contributed by atoms with van der Waals surface area (Å²) in [6, 6.07) is 5.72. The van der Waals surface area contributed by atoms with E-state index in [9.17, 15) is 4.79 Å². The summed E-state index contributed by atoms with van der Waals surface area (Å²) in [6.07, 6.45) is 0. The van der Waals surface area contributed by atoms with Crippen molar-refractivity contribution < 1.29 is 4.79 Å². The van der Waals surface area contributed by atoms with E-state index >= 15 is 0 Å². The maximum atomic E-state index is 12.2. The van der Waals surface area contributed by atoms with Crippen molar-refractivity contribution in [3.8, 4) is 0 Å². The Hall–Kier alpha value is -2.10. The van der Waals surface area contributed by atoms with Crippen LogP contribution in [0.1, 0.15) is 32.9 Å². The van der Waals surface area contributed by atoms with Gasteiger partial charge in [0.15, 0.2) is 0 Å². The molecule has 0 aliphatic carbocycles. The van der Waals surface area contributed by atoms with E-state index in [1.54, 1.807) is 4.68 Å². The predicted octanol–water partition coefficient (Wildman–Crippen LogP) is 2.91. The van der Waals surface area contributed by atoms with Gasteiger partial charge in [-0.05, 0) is 51.0 Å². The van der Waals surface area contributed by atoms with Crippen molar-refractivity contribution in [2.45, 2.75) is 27.7 Å². The van der Waals surface area contributed by atoms with Gasteiger partial charge in [0, 0.05) is 12.6 Å². The molecule has 19 heavy (non-hydrogen) atoms. The summed E-state index contributed by atoms with van der Waals surface area (Å²) < 4.78 is 1.77. The van der Waals surface area contributed by atoms with Crippen LogP contribution in [0.25, 0.3) is 0 Å². The van der Waals surface area contributed by atoms with E-state index < -0.39 is 0 Å². The molecular formula is C15H19N3O. The average molecular weight is 257 g/mol. The Morgan fingerprint density at radius 2 is 1.84 bits per heavy atom. The zero-order valence-electron chi connectivity index (χ0n) is 12.0. The minimum atomic E-state index is -0.0951. The van der Waals surface area contributed by atoms with Crippen molar-refractivity contribution in [2.75, 3.05) is 5.32 Å². The summed E-state index contributed by atoms with van der Waals surface area (Å²) in [5, 5.41) is 7.23. The smallest absolute Gasteiger partial charge is 0.255 e. The molecule has 4 heteroatoms. The van der Waals surface area contributed by atoms with Gasteiger partial charge in [-0.15, -0.1) is 0 Å². The lowest BCUT2D eigenvalue weighted by Crippen LogP contribution is -2.13. The number of anilines is 1. The molecule has 100 valence electrons. The van der Waals surface area contributed by atoms with Crippen molar-refractivity contribution in [3.05, 3.63) is 46.3 Å². The van der Waals surface area contributed by atoms with Crippen LogP contribution in [0.4, 0.5) is 5.69 Å². The normalized spacial score (nSPS) is 10.6. The Bertz CT molecular complexity index is 641. The van der Waals surface area contributed by atoms with Crippen molar-refractivity contribution in [3.63, 3.8) is 0 Å². The molecule has 0 radical (unpaired) electrons. The molecule has 2 rings (SSSR count). The molecule has 0 spiro atoms. The monoisotopic (exact) mass is 257 g/mol. The maximum absolute atomic E-state index is 12.2. The van der Waals surface area contributed by atoms with Gasteiger partial charge in [0.1, 0.15) is 0 Å². The molecule has 1 heterocycles. The third-order valence-electron chi connectivity index (χ3n) is 3.52. The van der Waals surface area contributed by atoms with Gasteiger partial charge in [-0.1, -0.05) is 6.07 Å². The summed E-state index contributed by atoms with van der Waals surface area (Å²) in [4.78, 5) is 12.2. The molecule has 4 nitrogen and oxygen atoms in total. The van der Waals surface area contributed by atoms with Crippen molar-refractivity contribution >= 4 is 11.6 Å². The topological polar surface area (TPSA) is 46.9 Å². The number of carbonyl (C=O) groups is 1. The Morgan fingerprint density at radius 1 is 1.16 bits per heavy atom. The number of hydrogen-bond acceptors (Lipinski definition) is 2. The van der Waals surface area contributed by atoms with E-state index in [1.807, 2.05) is 52.9 Å². The second-order valence-corrected chi connectivity index (χ2v) is 4.92. The first-order chi connectivity index (χ1) is 8.90. The zero-order valence-corrected chi connectivity index (χ0v) is 12.0. The highest BCUT2D eigenvalue weighted by molar-refractivity contribution is 6.05. The van der Waals surface area contributed by atoms with Crippen molar-refractivity contribution in [1.82, 2.24) is 9.78 Å². The molecule has 0 atom stereocenters. The Balaban J connectivity index is 2.28. The fourth-order valence-electron chi connectivity index (χ4n) is 2.02. The van der Waals surface area contributed by atoms with Crippen LogP contribution in [0.3, 0.4) is 0 Å². The number of nitrogens with zero attached hydrogens (tertiary/aromatic N) is 2. The number of amides is 1. The van der Waals surface area contributed by atoms with Crippen LogP contribution in [0.5, 0.6) is 0 Å². The Labute approximate surface area is 113 Å². The molecule has 1 aromatic carbocycles. The zero-order chi connectivity index (χ0) is 14.2. The molecule has 0 aliphatic rings. The third kappa shape index (κ3) is 2.52. The molecule has 0 bridgehead atoms. The molecule has 0 saturated carbocycles. The van der Waals surface area contributed by atoms with Crippen LogP contribution in [0, 0.1) is 27.7 Å². The lowest BCUT2D eigenvalue weighted by molar-refractivity contribution is 0.102. The number of benzene rings is 1. The number of nitrogens with one attached hydrogen (secondary N) is 1. The van der Waals surface area contributed by atoms with Crippen LogP contribution in [0.15, 0.2) is 18.2 Å². The van der Waals surface area contributed by atoms with Gasteiger partial charge in [0.2, 0.25) is 0 Å². The van der Waals surface area contributed by atoms with E-state index in [1.165, 1.54) is 5.56 Å². The second-order valence-electron chi connectivity index (χ2n) is 4.92. The molecule has 0 fully saturated rings. The van der Waals surface area contributed by atoms with Crippen molar-refractivity contribution in [2.24, 2.45) is 7.05 Å². The molecule has 0 unspecified atom stereocenters. The largest absolute Gasteiger partial charge is 0.319 e. The van der Waals surface area contributed by atoms with Crippen LogP contribution in [-0.2, 0) is 7.05 Å². The van der Waals surface area contributed by atoms with E-state index in [0.29, 0.717) is 5.56 Å². The molecule has 2 aromatic rings. The second kappa shape index (κ2) is 4.88. The van der Waals surface area contributed by atoms with Gasteiger partial charge in [-0.2, -0.15) is 5.10 Å². The van der Waals surface area contributed by atoms with Crippen LogP contribution in [-0.4, -0.2) is 15.7 Å². The predicted molar refractivity (Wildman–Crippen MR) is 76.6 cm³/mol. The van der Waals surface area contributed by atoms with Crippen molar-refractivity contribution in [1.29, 1.82) is 0 Å². The number of aryl methyl sites for hydroxylation is 4. The number of rotatable bonds is 2. The summed E-state index contributed by atoms with van der Waals surface area (Å²) in [5.74, 6) is -0.0951. The molecule has 1 aromatic heterocycles. The molecule has 0 aliphatic heterocycles. The average Bonchev–Trinajstić information content (AvgIpc) is 2.59. The lowest BCUT2D eigenvalue weighted by atomic mass is 10.1. The third-order valence-corrected chi connectivity index (χ3v) is 3.52. The van der Waals surface area contributed by atoms with Gasteiger partial charge in [0.25, 0.3) is 5.91 Å². The van der Waals surface area contributed by atoms with Gasteiger partial charge >= 0.3 is 0 Å². The van der Waals surface area contributed by atoms with Crippen LogP contribution < -0.4 is 5.32 Å². The SMILES string of the molecule is Cc1ccc(C(=O)Nc2c(C)nn(C)c2C)cc1C. The first kappa shape index (κ1) is 13.3. The first-order valence-corrected chi connectivity index (χ1v) is 6.29. The van der Waals surface area contributed by atoms with Crippen LogP contribution in [0.2, 0.25) is 0 Å². The number of hydrogen-bond donors (Lipinski definition) is 1. The van der Waals surface area contributed by atoms with Gasteiger partial charge in [-0.25, -0.2) is 0 Å². The highest BCUT2D eigenvalue weighted by atomic mass is 16.1. The molecule has 0 saturated heterocycles. The maximum Gasteiger partial charge on any atom is 0.255 e. The summed E-state index contributed by atoms with van der Waals surface area (Å²) >= 11 is 0. The summed E-state index contributed by atoms with van der Waals surface area (Å²) in [6.45, 7) is 7.87. The first-order valence-electron chi connectivity index (χ1n) is 6.29. The van der Waals surface area contributed by atoms with Gasteiger partial charge in [0.05, 0.1) is 17.1 Å². The number of aromatic nitrogens is 2. The van der Waals surface area contributed by atoms with E-state index in [-0.39, 0.29) is 5.91 Å². The van der Waals surface area contributed by atoms with E-state index in [0.717, 1.165) is 22.6 Å². The molecule has 1 amide bonds. The fraction of sp³-hybridized carbons (Fsp3) is 0.333. The Kier molecular flexibility index (Phi) is 3.42. The minimum absolute atomic E-state index is 0.0951. The minimum Gasteiger partial charge on any atom is -0.319 e.